The molecule has 2 rings (SSSR count). The van der Waals surface area contributed by atoms with Crippen molar-refractivity contribution in [2.45, 2.75) is 13.8 Å². The lowest BCUT2D eigenvalue weighted by Gasteiger charge is -2.43. The van der Waals surface area contributed by atoms with E-state index in [1.807, 2.05) is 6.07 Å². The molecule has 1 saturated heterocycles. The van der Waals surface area contributed by atoms with Gasteiger partial charge in [0, 0.05) is 13.1 Å². The third-order valence-electron chi connectivity index (χ3n) is 3.27. The number of hydrogen-bond acceptors (Lipinski definition) is 2. The monoisotopic (exact) mass is 218 g/mol. The molecule has 0 radical (unpaired) electrons. The van der Waals surface area contributed by atoms with Crippen molar-refractivity contribution in [3.63, 3.8) is 0 Å². The number of nitriles is 1. The number of benzene rings is 1. The second kappa shape index (κ2) is 4.13. The van der Waals surface area contributed by atoms with E-state index in [-0.39, 0.29) is 5.82 Å². The van der Waals surface area contributed by atoms with Gasteiger partial charge in [-0.1, -0.05) is 13.8 Å². The molecule has 0 saturated carbocycles. The summed E-state index contributed by atoms with van der Waals surface area (Å²) in [5, 5.41) is 8.94. The standard InChI is InChI=1S/C13H15FN2/c1-9(2)11-7-16(8-11)13-4-3-12(14)5-10(13)6-15/h3-5,9,11H,7-8H2,1-2H3. The Morgan fingerprint density at radius 2 is 2.12 bits per heavy atom. The van der Waals surface area contributed by atoms with Gasteiger partial charge >= 0.3 is 0 Å². The molecule has 1 aromatic carbocycles. The minimum absolute atomic E-state index is 0.346. The highest BCUT2D eigenvalue weighted by atomic mass is 19.1. The van der Waals surface area contributed by atoms with E-state index in [2.05, 4.69) is 18.7 Å². The van der Waals surface area contributed by atoms with Crippen LogP contribution in [-0.4, -0.2) is 13.1 Å². The van der Waals surface area contributed by atoms with E-state index in [1.165, 1.54) is 12.1 Å². The van der Waals surface area contributed by atoms with Crippen LogP contribution in [0.5, 0.6) is 0 Å². The molecule has 0 unspecified atom stereocenters. The molecule has 84 valence electrons. The van der Waals surface area contributed by atoms with Gasteiger partial charge in [0.2, 0.25) is 0 Å². The van der Waals surface area contributed by atoms with Crippen molar-refractivity contribution in [2.24, 2.45) is 11.8 Å². The highest BCUT2D eigenvalue weighted by Gasteiger charge is 2.30. The summed E-state index contributed by atoms with van der Waals surface area (Å²) < 4.78 is 13.0. The number of nitrogens with zero attached hydrogens (tertiary/aromatic N) is 2. The first-order chi connectivity index (χ1) is 7.61. The van der Waals surface area contributed by atoms with E-state index >= 15 is 0 Å². The predicted octanol–water partition coefficient (Wildman–Crippen LogP) is 2.79. The van der Waals surface area contributed by atoms with Crippen LogP contribution in [0, 0.1) is 29.0 Å². The van der Waals surface area contributed by atoms with Crippen molar-refractivity contribution in [1.29, 1.82) is 5.26 Å². The molecule has 1 heterocycles. The average Bonchev–Trinajstić information content (AvgIpc) is 2.17. The third kappa shape index (κ3) is 1.88. The van der Waals surface area contributed by atoms with Crippen molar-refractivity contribution < 1.29 is 4.39 Å². The van der Waals surface area contributed by atoms with Crippen LogP contribution in [0.3, 0.4) is 0 Å². The van der Waals surface area contributed by atoms with Gasteiger partial charge in [-0.25, -0.2) is 4.39 Å². The molecule has 0 N–H and O–H groups in total. The Bertz CT molecular complexity index is 428. The van der Waals surface area contributed by atoms with Crippen LogP contribution in [0.25, 0.3) is 0 Å². The Hall–Kier alpha value is -1.56. The fourth-order valence-corrected chi connectivity index (χ4v) is 2.00. The maximum atomic E-state index is 13.0. The van der Waals surface area contributed by atoms with E-state index in [0.717, 1.165) is 18.8 Å². The van der Waals surface area contributed by atoms with Gasteiger partial charge < -0.3 is 4.90 Å². The fraction of sp³-hybridized carbons (Fsp3) is 0.462. The van der Waals surface area contributed by atoms with Gasteiger partial charge in [0.15, 0.2) is 0 Å². The molecule has 0 bridgehead atoms. The molecule has 0 aliphatic carbocycles. The minimum Gasteiger partial charge on any atom is -0.370 e. The van der Waals surface area contributed by atoms with Crippen molar-refractivity contribution >= 4 is 5.69 Å². The molecule has 0 atom stereocenters. The van der Waals surface area contributed by atoms with E-state index < -0.39 is 0 Å². The molecule has 3 heteroatoms. The van der Waals surface area contributed by atoms with Gasteiger partial charge in [0.1, 0.15) is 11.9 Å². The maximum Gasteiger partial charge on any atom is 0.124 e. The summed E-state index contributed by atoms with van der Waals surface area (Å²) in [4.78, 5) is 2.14. The highest BCUT2D eigenvalue weighted by Crippen LogP contribution is 2.31. The smallest absolute Gasteiger partial charge is 0.124 e. The van der Waals surface area contributed by atoms with E-state index in [4.69, 9.17) is 5.26 Å². The second-order valence-electron chi connectivity index (χ2n) is 4.68. The second-order valence-corrected chi connectivity index (χ2v) is 4.68. The summed E-state index contributed by atoms with van der Waals surface area (Å²) in [5.41, 5.74) is 1.29. The van der Waals surface area contributed by atoms with Crippen LogP contribution in [0.15, 0.2) is 18.2 Å². The van der Waals surface area contributed by atoms with Gasteiger partial charge in [-0.3, -0.25) is 0 Å². The molecular weight excluding hydrogens is 203 g/mol. The van der Waals surface area contributed by atoms with Gasteiger partial charge in [-0.15, -0.1) is 0 Å². The Morgan fingerprint density at radius 1 is 1.44 bits per heavy atom. The number of rotatable bonds is 2. The molecule has 0 spiro atoms. The van der Waals surface area contributed by atoms with Crippen LogP contribution >= 0.6 is 0 Å². The first-order valence-electron chi connectivity index (χ1n) is 5.56. The molecule has 2 nitrogen and oxygen atoms in total. The summed E-state index contributed by atoms with van der Waals surface area (Å²) in [6.07, 6.45) is 0. The average molecular weight is 218 g/mol. The van der Waals surface area contributed by atoms with Crippen LogP contribution in [0.4, 0.5) is 10.1 Å². The van der Waals surface area contributed by atoms with Crippen molar-refractivity contribution in [3.05, 3.63) is 29.6 Å². The van der Waals surface area contributed by atoms with Crippen LogP contribution < -0.4 is 4.90 Å². The van der Waals surface area contributed by atoms with Gasteiger partial charge in [0.05, 0.1) is 11.3 Å². The zero-order valence-corrected chi connectivity index (χ0v) is 9.57. The van der Waals surface area contributed by atoms with Crippen LogP contribution in [0.1, 0.15) is 19.4 Å². The zero-order valence-electron chi connectivity index (χ0n) is 9.57. The van der Waals surface area contributed by atoms with Crippen LogP contribution in [0.2, 0.25) is 0 Å². The molecule has 0 aromatic heterocycles. The number of halogens is 1. The Morgan fingerprint density at radius 3 is 2.69 bits per heavy atom. The third-order valence-corrected chi connectivity index (χ3v) is 3.27. The maximum absolute atomic E-state index is 13.0. The van der Waals surface area contributed by atoms with Crippen molar-refractivity contribution in [2.75, 3.05) is 18.0 Å². The molecule has 1 aromatic rings. The summed E-state index contributed by atoms with van der Waals surface area (Å²) in [6.45, 7) is 6.35. The normalized spacial score (nSPS) is 16.1. The van der Waals surface area contributed by atoms with Gasteiger partial charge in [-0.2, -0.15) is 5.26 Å². The summed E-state index contributed by atoms with van der Waals surface area (Å²) in [6, 6.07) is 6.47. The number of anilines is 1. The molecular formula is C13H15FN2. The Kier molecular flexibility index (Phi) is 2.82. The minimum atomic E-state index is -0.346. The zero-order chi connectivity index (χ0) is 11.7. The van der Waals surface area contributed by atoms with E-state index in [0.29, 0.717) is 17.4 Å². The number of hydrogen-bond donors (Lipinski definition) is 0. The Balaban J connectivity index is 2.15. The van der Waals surface area contributed by atoms with Gasteiger partial charge in [-0.05, 0) is 30.0 Å². The highest BCUT2D eigenvalue weighted by molar-refractivity contribution is 5.60. The SMILES string of the molecule is CC(C)C1CN(c2ccc(F)cc2C#N)C1. The topological polar surface area (TPSA) is 27.0 Å². The molecule has 1 aliphatic rings. The summed E-state index contributed by atoms with van der Waals surface area (Å²) >= 11 is 0. The lowest BCUT2D eigenvalue weighted by molar-refractivity contribution is 0.309. The van der Waals surface area contributed by atoms with E-state index in [1.54, 1.807) is 6.07 Å². The molecule has 16 heavy (non-hydrogen) atoms. The van der Waals surface area contributed by atoms with Crippen LogP contribution in [-0.2, 0) is 0 Å². The molecule has 0 amide bonds. The molecule has 1 fully saturated rings. The Labute approximate surface area is 95.3 Å². The quantitative estimate of drug-likeness (QED) is 0.763. The van der Waals surface area contributed by atoms with E-state index in [9.17, 15) is 4.39 Å². The van der Waals surface area contributed by atoms with Crippen molar-refractivity contribution in [3.8, 4) is 6.07 Å². The predicted molar refractivity (Wildman–Crippen MR) is 61.7 cm³/mol. The first-order valence-corrected chi connectivity index (χ1v) is 5.56. The largest absolute Gasteiger partial charge is 0.370 e. The summed E-state index contributed by atoms with van der Waals surface area (Å²) in [5.74, 6) is 1.01. The van der Waals surface area contributed by atoms with Gasteiger partial charge in [0.25, 0.3) is 0 Å². The summed E-state index contributed by atoms with van der Waals surface area (Å²) in [7, 11) is 0. The fourth-order valence-electron chi connectivity index (χ4n) is 2.00. The lowest BCUT2D eigenvalue weighted by atomic mass is 9.87. The molecule has 1 aliphatic heterocycles. The first kappa shape index (κ1) is 10.9. The van der Waals surface area contributed by atoms with Crippen molar-refractivity contribution in [1.82, 2.24) is 0 Å². The lowest BCUT2D eigenvalue weighted by Crippen LogP contribution is -2.49.